The van der Waals surface area contributed by atoms with Crippen molar-refractivity contribution in [2.75, 3.05) is 0 Å². The van der Waals surface area contributed by atoms with Gasteiger partial charge in [0.15, 0.2) is 0 Å². The molecule has 0 radical (unpaired) electrons. The van der Waals surface area contributed by atoms with Crippen LogP contribution in [0.25, 0.3) is 0 Å². The predicted octanol–water partition coefficient (Wildman–Crippen LogP) is 3.46. The van der Waals surface area contributed by atoms with E-state index in [9.17, 15) is 24.3 Å². The van der Waals surface area contributed by atoms with Crippen LogP contribution in [0.5, 0.6) is 0 Å². The molecule has 0 heterocycles. The minimum atomic E-state index is -2.08. The van der Waals surface area contributed by atoms with Crippen LogP contribution in [0.2, 0.25) is 0 Å². The fraction of sp³-hybridized carbons (Fsp3) is 0.185. The number of carbonyl (C=O) groups excluding carboxylic acids is 3. The lowest BCUT2D eigenvalue weighted by Gasteiger charge is -2.23. The van der Waals surface area contributed by atoms with Gasteiger partial charge in [-0.2, -0.15) is 0 Å². The van der Waals surface area contributed by atoms with Gasteiger partial charge >= 0.3 is 17.9 Å². The summed E-state index contributed by atoms with van der Waals surface area (Å²) < 4.78 is 10.5. The van der Waals surface area contributed by atoms with Gasteiger partial charge in [0.2, 0.25) is 12.2 Å². The molecule has 0 unspecified atom stereocenters. The number of hydrogen-bond donors (Lipinski definition) is 2. The Balaban J connectivity index is 1.86. The van der Waals surface area contributed by atoms with Crippen LogP contribution in [0.4, 0.5) is 0 Å². The van der Waals surface area contributed by atoms with E-state index < -0.39 is 36.0 Å². The van der Waals surface area contributed by atoms with Gasteiger partial charge in [0.25, 0.3) is 5.91 Å². The molecule has 2 atom stereocenters. The van der Waals surface area contributed by atoms with E-state index >= 15 is 0 Å². The molecule has 0 saturated carbocycles. The maximum Gasteiger partial charge on any atom is 0.349 e. The molecule has 1 amide bonds. The van der Waals surface area contributed by atoms with Gasteiger partial charge in [0.05, 0.1) is 11.1 Å². The summed E-state index contributed by atoms with van der Waals surface area (Å²) in [4.78, 5) is 50.5. The van der Waals surface area contributed by atoms with Crippen LogP contribution >= 0.6 is 0 Å². The number of esters is 2. The number of carbonyl (C=O) groups is 4. The smallest absolute Gasteiger partial charge is 0.349 e. The topological polar surface area (TPSA) is 119 Å². The second-order valence-corrected chi connectivity index (χ2v) is 7.93. The Morgan fingerprint density at radius 3 is 1.74 bits per heavy atom. The Hall–Kier alpha value is -4.46. The summed E-state index contributed by atoms with van der Waals surface area (Å²) in [5, 5.41) is 12.4. The summed E-state index contributed by atoms with van der Waals surface area (Å²) in [7, 11) is 0. The first kappa shape index (κ1) is 25.2. The zero-order valence-electron chi connectivity index (χ0n) is 19.3. The highest BCUT2D eigenvalue weighted by atomic mass is 16.6. The van der Waals surface area contributed by atoms with Gasteiger partial charge in [-0.1, -0.05) is 65.7 Å². The van der Waals surface area contributed by atoms with Gasteiger partial charge in [-0.25, -0.2) is 14.4 Å². The van der Waals surface area contributed by atoms with E-state index in [1.165, 1.54) is 24.3 Å². The van der Waals surface area contributed by atoms with Crippen LogP contribution in [0, 0.1) is 13.8 Å². The fourth-order valence-corrected chi connectivity index (χ4v) is 3.29. The van der Waals surface area contributed by atoms with Crippen molar-refractivity contribution in [1.82, 2.24) is 5.32 Å². The summed E-state index contributed by atoms with van der Waals surface area (Å²) in [6.45, 7) is 3.58. The monoisotopic (exact) mass is 475 g/mol. The van der Waals surface area contributed by atoms with Crippen molar-refractivity contribution in [1.29, 1.82) is 0 Å². The number of aryl methyl sites for hydroxylation is 2. The number of carboxylic acids is 1. The summed E-state index contributed by atoms with van der Waals surface area (Å²) >= 11 is 0. The van der Waals surface area contributed by atoms with E-state index in [4.69, 9.17) is 9.47 Å². The lowest BCUT2D eigenvalue weighted by atomic mass is 10.1. The second kappa shape index (κ2) is 11.6. The van der Waals surface area contributed by atoms with E-state index in [-0.39, 0.29) is 17.7 Å². The number of carboxylic acid groups (broad SMARTS) is 1. The van der Waals surface area contributed by atoms with E-state index in [2.05, 4.69) is 5.32 Å². The molecular weight excluding hydrogens is 450 g/mol. The average molecular weight is 475 g/mol. The number of aliphatic carboxylic acids is 1. The van der Waals surface area contributed by atoms with Crippen LogP contribution in [0.1, 0.15) is 37.4 Å². The third-order valence-corrected chi connectivity index (χ3v) is 5.06. The Labute approximate surface area is 202 Å². The second-order valence-electron chi connectivity index (χ2n) is 7.93. The Bertz CT molecular complexity index is 1220. The van der Waals surface area contributed by atoms with Crippen LogP contribution in [0.3, 0.4) is 0 Å². The summed E-state index contributed by atoms with van der Waals surface area (Å²) in [5.41, 5.74) is 2.50. The standard InChI is InChI=1S/C27H25NO7/c1-17-8-6-12-20(14-17)26(32)34-22(24(29)28-16-19-10-4-3-5-11-19)23(25(30)31)35-27(33)21-13-7-9-18(2)15-21/h3-15,22-23H,16H2,1-2H3,(H,28,29)(H,30,31)/t22-,23+/m1/s1. The quantitative estimate of drug-likeness (QED) is 0.455. The highest BCUT2D eigenvalue weighted by Gasteiger charge is 2.40. The maximum atomic E-state index is 13.0. The number of nitrogens with one attached hydrogen (secondary N) is 1. The van der Waals surface area contributed by atoms with Crippen molar-refractivity contribution in [3.05, 3.63) is 107 Å². The first-order chi connectivity index (χ1) is 16.7. The number of hydrogen-bond acceptors (Lipinski definition) is 6. The Morgan fingerprint density at radius 1 is 0.743 bits per heavy atom. The van der Waals surface area contributed by atoms with E-state index in [1.54, 1.807) is 62.4 Å². The molecule has 8 heteroatoms. The normalized spacial score (nSPS) is 12.2. The van der Waals surface area contributed by atoms with Crippen LogP contribution < -0.4 is 5.32 Å². The summed E-state index contributed by atoms with van der Waals surface area (Å²) in [5.74, 6) is -4.44. The number of amides is 1. The zero-order chi connectivity index (χ0) is 25.4. The molecule has 8 nitrogen and oxygen atoms in total. The Morgan fingerprint density at radius 2 is 1.26 bits per heavy atom. The summed E-state index contributed by atoms with van der Waals surface area (Å²) in [6, 6.07) is 21.6. The molecule has 3 aromatic carbocycles. The molecule has 180 valence electrons. The molecule has 3 rings (SSSR count). The molecule has 0 saturated heterocycles. The number of ether oxygens (including phenoxy) is 2. The Kier molecular flexibility index (Phi) is 8.34. The minimum absolute atomic E-state index is 0.0519. The highest BCUT2D eigenvalue weighted by Crippen LogP contribution is 2.15. The van der Waals surface area contributed by atoms with E-state index in [1.807, 2.05) is 6.07 Å². The first-order valence-electron chi connectivity index (χ1n) is 10.8. The third kappa shape index (κ3) is 7.01. The van der Waals surface area contributed by atoms with Crippen LogP contribution in [-0.2, 0) is 25.6 Å². The third-order valence-electron chi connectivity index (χ3n) is 5.06. The fourth-order valence-electron chi connectivity index (χ4n) is 3.29. The lowest BCUT2D eigenvalue weighted by molar-refractivity contribution is -0.159. The molecule has 0 bridgehead atoms. The molecular formula is C27H25NO7. The lowest BCUT2D eigenvalue weighted by Crippen LogP contribution is -2.50. The molecule has 3 aromatic rings. The molecule has 0 spiro atoms. The first-order valence-corrected chi connectivity index (χ1v) is 10.8. The number of rotatable bonds is 9. The van der Waals surface area contributed by atoms with E-state index in [0.29, 0.717) is 0 Å². The molecule has 0 aromatic heterocycles. The highest BCUT2D eigenvalue weighted by molar-refractivity contribution is 5.96. The van der Waals surface area contributed by atoms with Crippen LogP contribution in [0.15, 0.2) is 78.9 Å². The van der Waals surface area contributed by atoms with Crippen molar-refractivity contribution < 1.29 is 33.8 Å². The summed E-state index contributed by atoms with van der Waals surface area (Å²) in [6.07, 6.45) is -4.01. The van der Waals surface area contributed by atoms with Crippen molar-refractivity contribution in [2.45, 2.75) is 32.6 Å². The molecule has 0 aliphatic heterocycles. The van der Waals surface area contributed by atoms with Gasteiger partial charge in [0, 0.05) is 6.54 Å². The van der Waals surface area contributed by atoms with Gasteiger partial charge in [-0.3, -0.25) is 4.79 Å². The SMILES string of the molecule is Cc1cccc(C(=O)O[C@H](C(=O)O)[C@@H](OC(=O)c2cccc(C)c2)C(=O)NCc2ccccc2)c1. The zero-order valence-corrected chi connectivity index (χ0v) is 19.3. The number of benzene rings is 3. The largest absolute Gasteiger partial charge is 0.478 e. The molecule has 0 aliphatic rings. The molecule has 35 heavy (non-hydrogen) atoms. The van der Waals surface area contributed by atoms with Crippen molar-refractivity contribution in [3.8, 4) is 0 Å². The van der Waals surface area contributed by atoms with Gasteiger partial charge in [-0.05, 0) is 43.7 Å². The molecule has 0 aliphatic carbocycles. The predicted molar refractivity (Wildman–Crippen MR) is 127 cm³/mol. The van der Waals surface area contributed by atoms with Crippen molar-refractivity contribution in [3.63, 3.8) is 0 Å². The van der Waals surface area contributed by atoms with Gasteiger partial charge < -0.3 is 19.9 Å². The van der Waals surface area contributed by atoms with Gasteiger partial charge in [-0.15, -0.1) is 0 Å². The molecule has 2 N–H and O–H groups in total. The van der Waals surface area contributed by atoms with Crippen LogP contribution in [-0.4, -0.2) is 41.1 Å². The molecule has 0 fully saturated rings. The van der Waals surface area contributed by atoms with Gasteiger partial charge in [0.1, 0.15) is 0 Å². The van der Waals surface area contributed by atoms with E-state index in [0.717, 1.165) is 16.7 Å². The van der Waals surface area contributed by atoms with Crippen molar-refractivity contribution in [2.24, 2.45) is 0 Å². The average Bonchev–Trinajstić information content (AvgIpc) is 2.84. The maximum absolute atomic E-state index is 13.0. The minimum Gasteiger partial charge on any atom is -0.478 e. The van der Waals surface area contributed by atoms with Crippen molar-refractivity contribution >= 4 is 23.8 Å².